The molecule has 1 fully saturated rings. The Bertz CT molecular complexity index is 880. The molecule has 0 unspecified atom stereocenters. The first kappa shape index (κ1) is 18.4. The molecule has 25 heavy (non-hydrogen) atoms. The van der Waals surface area contributed by atoms with E-state index in [2.05, 4.69) is 5.32 Å². The average Bonchev–Trinajstić information content (AvgIpc) is 3.24. The lowest BCUT2D eigenvalue weighted by Crippen LogP contribution is -2.43. The van der Waals surface area contributed by atoms with Crippen LogP contribution in [0.3, 0.4) is 0 Å². The lowest BCUT2D eigenvalue weighted by molar-refractivity contribution is -0.119. The minimum Gasteiger partial charge on any atom is -0.324 e. The van der Waals surface area contributed by atoms with Gasteiger partial charge in [-0.05, 0) is 43.0 Å². The number of hydrogen-bond donors (Lipinski definition) is 1. The van der Waals surface area contributed by atoms with Gasteiger partial charge in [-0.2, -0.15) is 4.31 Å². The quantitative estimate of drug-likeness (QED) is 0.833. The van der Waals surface area contributed by atoms with Crippen LogP contribution in [0.25, 0.3) is 0 Å². The molecule has 0 spiro atoms. The zero-order valence-electron chi connectivity index (χ0n) is 13.7. The fourth-order valence-electron chi connectivity index (χ4n) is 3.01. The molecule has 0 radical (unpaired) electrons. The summed E-state index contributed by atoms with van der Waals surface area (Å²) >= 11 is 6.88. The van der Waals surface area contributed by atoms with E-state index in [1.807, 2.05) is 31.2 Å². The van der Waals surface area contributed by atoms with E-state index in [0.29, 0.717) is 23.7 Å². The van der Waals surface area contributed by atoms with Crippen molar-refractivity contribution in [3.8, 4) is 0 Å². The van der Waals surface area contributed by atoms with Crippen molar-refractivity contribution in [2.45, 2.75) is 36.4 Å². The molecule has 1 atom stereocenters. The Hall–Kier alpha value is -1.41. The molecule has 1 amide bonds. The maximum absolute atomic E-state index is 12.8. The predicted octanol–water partition coefficient (Wildman–Crippen LogP) is 3.76. The number of hydrogen-bond acceptors (Lipinski definition) is 4. The van der Waals surface area contributed by atoms with Crippen LogP contribution >= 0.6 is 22.9 Å². The van der Waals surface area contributed by atoms with Crippen LogP contribution in [-0.4, -0.2) is 31.2 Å². The van der Waals surface area contributed by atoms with Gasteiger partial charge in [0, 0.05) is 12.2 Å². The highest BCUT2D eigenvalue weighted by Gasteiger charge is 2.40. The van der Waals surface area contributed by atoms with Gasteiger partial charge in [-0.15, -0.1) is 11.3 Å². The summed E-state index contributed by atoms with van der Waals surface area (Å²) in [6, 6.07) is 9.91. The van der Waals surface area contributed by atoms with Gasteiger partial charge in [-0.3, -0.25) is 4.79 Å². The number of sulfonamides is 1. The summed E-state index contributed by atoms with van der Waals surface area (Å²) in [5, 5.41) is 2.89. The largest absolute Gasteiger partial charge is 0.324 e. The molecule has 2 heterocycles. The van der Waals surface area contributed by atoms with E-state index in [1.54, 1.807) is 6.07 Å². The molecule has 1 aliphatic rings. The van der Waals surface area contributed by atoms with Crippen LogP contribution in [0, 0.1) is 0 Å². The minimum atomic E-state index is -3.71. The van der Waals surface area contributed by atoms with E-state index in [0.717, 1.165) is 29.0 Å². The van der Waals surface area contributed by atoms with Crippen molar-refractivity contribution in [1.82, 2.24) is 4.31 Å². The van der Waals surface area contributed by atoms with Gasteiger partial charge in [-0.25, -0.2) is 8.42 Å². The number of para-hydroxylation sites is 1. The number of rotatable bonds is 5. The SMILES string of the molecule is CCc1ccccc1NC(=O)[C@@H]1CCCN1S(=O)(=O)c1ccc(Cl)s1. The van der Waals surface area contributed by atoms with E-state index in [4.69, 9.17) is 11.6 Å². The Kier molecular flexibility index (Phi) is 5.48. The van der Waals surface area contributed by atoms with E-state index >= 15 is 0 Å². The molecular formula is C17H19ClN2O3S2. The molecule has 0 aliphatic carbocycles. The van der Waals surface area contributed by atoms with Crippen LogP contribution in [0.5, 0.6) is 0 Å². The number of aryl methyl sites for hydroxylation is 1. The van der Waals surface area contributed by atoms with Crippen molar-refractivity contribution in [2.24, 2.45) is 0 Å². The van der Waals surface area contributed by atoms with Crippen molar-refractivity contribution >= 4 is 44.6 Å². The summed E-state index contributed by atoms with van der Waals surface area (Å²) in [7, 11) is -3.71. The summed E-state index contributed by atoms with van der Waals surface area (Å²) in [6.45, 7) is 2.35. The summed E-state index contributed by atoms with van der Waals surface area (Å²) in [4.78, 5) is 12.7. The van der Waals surface area contributed by atoms with Crippen LogP contribution in [0.1, 0.15) is 25.3 Å². The Labute approximate surface area is 156 Å². The number of carbonyl (C=O) groups is 1. The molecule has 134 valence electrons. The van der Waals surface area contributed by atoms with Crippen molar-refractivity contribution in [3.05, 3.63) is 46.3 Å². The van der Waals surface area contributed by atoms with Gasteiger partial charge >= 0.3 is 0 Å². The number of anilines is 1. The third-order valence-corrected chi connectivity index (χ3v) is 7.88. The topological polar surface area (TPSA) is 66.5 Å². The third-order valence-electron chi connectivity index (χ3n) is 4.27. The fourth-order valence-corrected chi connectivity index (χ4v) is 6.28. The van der Waals surface area contributed by atoms with Crippen LogP contribution in [0.2, 0.25) is 4.34 Å². The fraction of sp³-hybridized carbons (Fsp3) is 0.353. The zero-order chi connectivity index (χ0) is 18.0. The summed E-state index contributed by atoms with van der Waals surface area (Å²) in [6.07, 6.45) is 1.96. The van der Waals surface area contributed by atoms with E-state index in [1.165, 1.54) is 10.4 Å². The second-order valence-electron chi connectivity index (χ2n) is 5.83. The van der Waals surface area contributed by atoms with Gasteiger partial charge in [0.15, 0.2) is 0 Å². The highest BCUT2D eigenvalue weighted by Crippen LogP contribution is 2.32. The summed E-state index contributed by atoms with van der Waals surface area (Å²) in [5.41, 5.74) is 1.76. The molecule has 1 aliphatic heterocycles. The Morgan fingerprint density at radius 3 is 2.76 bits per heavy atom. The monoisotopic (exact) mass is 398 g/mol. The van der Waals surface area contributed by atoms with Gasteiger partial charge in [0.2, 0.25) is 5.91 Å². The van der Waals surface area contributed by atoms with Crippen LogP contribution < -0.4 is 5.32 Å². The highest BCUT2D eigenvalue weighted by molar-refractivity contribution is 7.91. The van der Waals surface area contributed by atoms with Gasteiger partial charge in [0.1, 0.15) is 10.3 Å². The molecule has 3 rings (SSSR count). The van der Waals surface area contributed by atoms with Crippen molar-refractivity contribution < 1.29 is 13.2 Å². The average molecular weight is 399 g/mol. The molecule has 1 N–H and O–H groups in total. The number of benzene rings is 1. The van der Waals surface area contributed by atoms with Gasteiger partial charge in [-0.1, -0.05) is 36.7 Å². The first-order chi connectivity index (χ1) is 11.9. The normalized spacial score (nSPS) is 18.4. The number of amides is 1. The predicted molar refractivity (Wildman–Crippen MR) is 101 cm³/mol. The molecule has 1 saturated heterocycles. The van der Waals surface area contributed by atoms with E-state index in [-0.39, 0.29) is 10.1 Å². The first-order valence-electron chi connectivity index (χ1n) is 8.09. The molecular weight excluding hydrogens is 380 g/mol. The number of thiophene rings is 1. The van der Waals surface area contributed by atoms with Gasteiger partial charge in [0.25, 0.3) is 10.0 Å². The van der Waals surface area contributed by atoms with Crippen molar-refractivity contribution in [3.63, 3.8) is 0 Å². The Morgan fingerprint density at radius 2 is 2.08 bits per heavy atom. The summed E-state index contributed by atoms with van der Waals surface area (Å²) in [5.74, 6) is -0.287. The maximum atomic E-state index is 12.8. The molecule has 5 nitrogen and oxygen atoms in total. The molecule has 2 aromatic rings. The number of halogens is 1. The van der Waals surface area contributed by atoms with Crippen molar-refractivity contribution in [2.75, 3.05) is 11.9 Å². The number of carbonyl (C=O) groups excluding carboxylic acids is 1. The molecule has 1 aromatic heterocycles. The molecule has 0 bridgehead atoms. The lowest BCUT2D eigenvalue weighted by Gasteiger charge is -2.23. The smallest absolute Gasteiger partial charge is 0.253 e. The number of nitrogens with one attached hydrogen (secondary N) is 1. The van der Waals surface area contributed by atoms with Gasteiger partial charge < -0.3 is 5.32 Å². The highest BCUT2D eigenvalue weighted by atomic mass is 35.5. The van der Waals surface area contributed by atoms with Crippen molar-refractivity contribution in [1.29, 1.82) is 0 Å². The van der Waals surface area contributed by atoms with E-state index < -0.39 is 16.1 Å². The van der Waals surface area contributed by atoms with Crippen LogP contribution in [-0.2, 0) is 21.2 Å². The second kappa shape index (κ2) is 7.45. The molecule has 8 heteroatoms. The lowest BCUT2D eigenvalue weighted by atomic mass is 10.1. The Morgan fingerprint density at radius 1 is 1.32 bits per heavy atom. The maximum Gasteiger partial charge on any atom is 0.253 e. The Balaban J connectivity index is 1.83. The van der Waals surface area contributed by atoms with Crippen LogP contribution in [0.15, 0.2) is 40.6 Å². The molecule has 1 aromatic carbocycles. The third kappa shape index (κ3) is 3.74. The van der Waals surface area contributed by atoms with E-state index in [9.17, 15) is 13.2 Å². The second-order valence-corrected chi connectivity index (χ2v) is 9.66. The summed E-state index contributed by atoms with van der Waals surface area (Å²) < 4.78 is 27.5. The molecule has 0 saturated carbocycles. The van der Waals surface area contributed by atoms with Crippen LogP contribution in [0.4, 0.5) is 5.69 Å². The standard InChI is InChI=1S/C17H19ClN2O3S2/c1-2-12-6-3-4-7-13(12)19-17(21)14-8-5-11-20(14)25(22,23)16-10-9-15(18)24-16/h3-4,6-7,9-10,14H,2,5,8,11H2,1H3,(H,19,21)/t14-/m0/s1. The van der Waals surface area contributed by atoms with Gasteiger partial charge in [0.05, 0.1) is 4.34 Å². The zero-order valence-corrected chi connectivity index (χ0v) is 16.1. The minimum absolute atomic E-state index is 0.172. The first-order valence-corrected chi connectivity index (χ1v) is 10.7. The number of nitrogens with zero attached hydrogens (tertiary/aromatic N) is 1.